The van der Waals surface area contributed by atoms with Crippen LogP contribution < -0.4 is 14.9 Å². The number of benzene rings is 2. The molecule has 1 aliphatic heterocycles. The Morgan fingerprint density at radius 1 is 1.12 bits per heavy atom. The van der Waals surface area contributed by atoms with Gasteiger partial charge < -0.3 is 10.2 Å². The molecule has 0 aliphatic carbocycles. The maximum Gasteiger partial charge on any atom is 0.416 e. The van der Waals surface area contributed by atoms with Gasteiger partial charge in [-0.25, -0.2) is 8.42 Å². The molecule has 3 rings (SSSR count). The van der Waals surface area contributed by atoms with Crippen molar-refractivity contribution in [2.24, 2.45) is 5.92 Å². The average Bonchev–Trinajstić information content (AvgIpc) is 3.16. The number of alkyl halides is 3. The molecule has 0 fully saturated rings. The molecule has 0 unspecified atom stereocenters. The molecular weight excluding hydrogens is 471 g/mol. The van der Waals surface area contributed by atoms with Crippen molar-refractivity contribution < 1.29 is 31.2 Å². The van der Waals surface area contributed by atoms with Crippen LogP contribution in [0.5, 0.6) is 0 Å². The van der Waals surface area contributed by atoms with E-state index >= 15 is 0 Å². The molecule has 2 amide bonds. The second-order valence-electron chi connectivity index (χ2n) is 8.58. The third-order valence-electron chi connectivity index (χ3n) is 5.42. The molecule has 0 saturated heterocycles. The molecule has 11 heteroatoms. The number of nitrogens with zero attached hydrogens (tertiary/aromatic N) is 1. The number of rotatable bonds is 7. The zero-order valence-electron chi connectivity index (χ0n) is 18.9. The number of carbonyl (C=O) groups is 2. The van der Waals surface area contributed by atoms with E-state index in [0.29, 0.717) is 24.2 Å². The Morgan fingerprint density at radius 2 is 1.82 bits per heavy atom. The lowest BCUT2D eigenvalue weighted by Crippen LogP contribution is -2.44. The van der Waals surface area contributed by atoms with Gasteiger partial charge in [-0.2, -0.15) is 17.9 Å². The van der Waals surface area contributed by atoms with Gasteiger partial charge in [-0.05, 0) is 60.7 Å². The van der Waals surface area contributed by atoms with Gasteiger partial charge in [-0.15, -0.1) is 0 Å². The second kappa shape index (κ2) is 9.75. The van der Waals surface area contributed by atoms with E-state index in [1.165, 1.54) is 25.1 Å². The van der Waals surface area contributed by atoms with Crippen LogP contribution in [0.1, 0.15) is 38.3 Å². The molecule has 1 atom stereocenters. The van der Waals surface area contributed by atoms with Crippen molar-refractivity contribution in [1.82, 2.24) is 4.72 Å². The number of halogens is 3. The highest BCUT2D eigenvalue weighted by molar-refractivity contribution is 7.89. The molecule has 184 valence electrons. The summed E-state index contributed by atoms with van der Waals surface area (Å²) >= 11 is 0. The first-order valence-electron chi connectivity index (χ1n) is 10.7. The monoisotopic (exact) mass is 497 g/mol. The molecule has 2 N–H and O–H groups in total. The number of sulfonamides is 1. The number of hydrogen-bond donors (Lipinski definition) is 2. The van der Waals surface area contributed by atoms with Crippen molar-refractivity contribution in [3.05, 3.63) is 53.6 Å². The first-order chi connectivity index (χ1) is 15.8. The van der Waals surface area contributed by atoms with E-state index < -0.39 is 33.7 Å². The van der Waals surface area contributed by atoms with Crippen LogP contribution in [0.3, 0.4) is 0 Å². The summed E-state index contributed by atoms with van der Waals surface area (Å²) in [4.78, 5) is 26.1. The number of nitrogens with one attached hydrogen (secondary N) is 2. The lowest BCUT2D eigenvalue weighted by atomic mass is 10.0. The Morgan fingerprint density at radius 3 is 2.44 bits per heavy atom. The number of anilines is 2. The van der Waals surface area contributed by atoms with E-state index in [9.17, 15) is 31.2 Å². The lowest BCUT2D eigenvalue weighted by molar-refractivity contribution is -0.137. The van der Waals surface area contributed by atoms with Gasteiger partial charge in [0.05, 0.1) is 10.5 Å². The Kier molecular flexibility index (Phi) is 7.37. The predicted octanol–water partition coefficient (Wildman–Crippen LogP) is 3.95. The van der Waals surface area contributed by atoms with Crippen LogP contribution in [0, 0.1) is 5.92 Å². The fourth-order valence-corrected chi connectivity index (χ4v) is 5.07. The van der Waals surface area contributed by atoms with Crippen molar-refractivity contribution in [1.29, 1.82) is 0 Å². The molecular formula is C23H26F3N3O4S. The van der Waals surface area contributed by atoms with Gasteiger partial charge in [0.2, 0.25) is 21.8 Å². The van der Waals surface area contributed by atoms with E-state index in [1.54, 1.807) is 24.8 Å². The van der Waals surface area contributed by atoms with Crippen LogP contribution in [0.25, 0.3) is 0 Å². The highest BCUT2D eigenvalue weighted by Crippen LogP contribution is 2.32. The molecule has 1 heterocycles. The van der Waals surface area contributed by atoms with Crippen LogP contribution in [-0.2, 0) is 32.2 Å². The van der Waals surface area contributed by atoms with Crippen molar-refractivity contribution in [2.45, 2.75) is 50.7 Å². The van der Waals surface area contributed by atoms with Crippen LogP contribution in [-0.4, -0.2) is 32.8 Å². The number of carbonyl (C=O) groups excluding carboxylic acids is 2. The molecule has 2 aromatic rings. The standard InChI is InChI=1S/C23H26F3N3O4S/c1-14(2)11-20(22(31)27-18-6-4-5-17(13-18)23(24,25)26)28-34(32,33)19-7-8-21-16(12-19)9-10-29(21)15(3)30/h4-8,12-14,20,28H,9-11H2,1-3H3,(H,27,31)/t20-/m1/s1. The summed E-state index contributed by atoms with van der Waals surface area (Å²) in [5.74, 6) is -0.986. The van der Waals surface area contributed by atoms with Crippen LogP contribution in [0.15, 0.2) is 47.4 Å². The van der Waals surface area contributed by atoms with Crippen molar-refractivity contribution in [2.75, 3.05) is 16.8 Å². The number of amides is 2. The Labute approximate surface area is 196 Å². The summed E-state index contributed by atoms with van der Waals surface area (Å²) in [5.41, 5.74) is 0.332. The molecule has 0 bridgehead atoms. The molecule has 0 radical (unpaired) electrons. The van der Waals surface area contributed by atoms with Gasteiger partial charge in [0.1, 0.15) is 6.04 Å². The third kappa shape index (κ3) is 5.95. The van der Waals surface area contributed by atoms with Gasteiger partial charge in [0.25, 0.3) is 0 Å². The minimum absolute atomic E-state index is 0.0581. The van der Waals surface area contributed by atoms with E-state index in [-0.39, 0.29) is 28.8 Å². The van der Waals surface area contributed by atoms with Crippen molar-refractivity contribution in [3.63, 3.8) is 0 Å². The maximum atomic E-state index is 13.1. The van der Waals surface area contributed by atoms with Crippen LogP contribution in [0.4, 0.5) is 24.5 Å². The highest BCUT2D eigenvalue weighted by atomic mass is 32.2. The summed E-state index contributed by atoms with van der Waals surface area (Å²) in [6.45, 7) is 5.48. The Bertz CT molecular complexity index is 1200. The third-order valence-corrected chi connectivity index (χ3v) is 6.88. The summed E-state index contributed by atoms with van der Waals surface area (Å²) in [6, 6.07) is 7.31. The topological polar surface area (TPSA) is 95.6 Å². The zero-order chi connectivity index (χ0) is 25.3. The minimum Gasteiger partial charge on any atom is -0.325 e. The molecule has 0 aromatic heterocycles. The zero-order valence-corrected chi connectivity index (χ0v) is 19.8. The molecule has 1 aliphatic rings. The largest absolute Gasteiger partial charge is 0.416 e. The van der Waals surface area contributed by atoms with E-state index in [1.807, 2.05) is 0 Å². The Hall–Kier alpha value is -2.92. The predicted molar refractivity (Wildman–Crippen MR) is 122 cm³/mol. The van der Waals surface area contributed by atoms with Gasteiger partial charge in [0.15, 0.2) is 0 Å². The summed E-state index contributed by atoms with van der Waals surface area (Å²) in [6.07, 6.45) is -3.94. The smallest absolute Gasteiger partial charge is 0.325 e. The summed E-state index contributed by atoms with van der Waals surface area (Å²) in [5, 5.41) is 2.38. The fraction of sp³-hybridized carbons (Fsp3) is 0.391. The summed E-state index contributed by atoms with van der Waals surface area (Å²) < 4.78 is 67.5. The quantitative estimate of drug-likeness (QED) is 0.606. The van der Waals surface area contributed by atoms with Crippen molar-refractivity contribution >= 4 is 33.2 Å². The first kappa shape index (κ1) is 25.7. The Balaban J connectivity index is 1.82. The minimum atomic E-state index is -4.58. The lowest BCUT2D eigenvalue weighted by Gasteiger charge is -2.21. The molecule has 0 spiro atoms. The first-order valence-corrected chi connectivity index (χ1v) is 12.2. The molecule has 0 saturated carbocycles. The second-order valence-corrected chi connectivity index (χ2v) is 10.3. The van der Waals surface area contributed by atoms with Gasteiger partial charge in [-0.1, -0.05) is 19.9 Å². The fourth-order valence-electron chi connectivity index (χ4n) is 3.81. The van der Waals surface area contributed by atoms with Crippen LogP contribution >= 0.6 is 0 Å². The number of hydrogen-bond acceptors (Lipinski definition) is 4. The van der Waals surface area contributed by atoms with Gasteiger partial charge >= 0.3 is 6.18 Å². The summed E-state index contributed by atoms with van der Waals surface area (Å²) in [7, 11) is -4.13. The normalized spacial score (nSPS) is 14.7. The molecule has 34 heavy (non-hydrogen) atoms. The van der Waals surface area contributed by atoms with E-state index in [4.69, 9.17) is 0 Å². The highest BCUT2D eigenvalue weighted by Gasteiger charge is 2.32. The number of fused-ring (bicyclic) bond motifs is 1. The maximum absolute atomic E-state index is 13.1. The molecule has 7 nitrogen and oxygen atoms in total. The van der Waals surface area contributed by atoms with Gasteiger partial charge in [0, 0.05) is 24.8 Å². The van der Waals surface area contributed by atoms with Gasteiger partial charge in [-0.3, -0.25) is 9.59 Å². The SMILES string of the molecule is CC(=O)N1CCc2cc(S(=O)(=O)N[C@H](CC(C)C)C(=O)Nc3cccc(C(F)(F)F)c3)ccc21. The van der Waals surface area contributed by atoms with E-state index in [0.717, 1.165) is 18.2 Å². The van der Waals surface area contributed by atoms with Crippen molar-refractivity contribution in [3.8, 4) is 0 Å². The average molecular weight is 498 g/mol. The van der Waals surface area contributed by atoms with Crippen LogP contribution in [0.2, 0.25) is 0 Å². The van der Waals surface area contributed by atoms with E-state index in [2.05, 4.69) is 10.0 Å². The molecule has 2 aromatic carbocycles.